The molecule has 1 saturated heterocycles. The lowest BCUT2D eigenvalue weighted by Gasteiger charge is -2.30. The topological polar surface area (TPSA) is 384 Å². The minimum Gasteiger partial charge on any atom is -0.396 e. The molecule has 318 valence electrons. The molecule has 0 aromatic carbocycles. The third kappa shape index (κ3) is 15.0. The molecule has 2 unspecified atom stereocenters. The van der Waals surface area contributed by atoms with Crippen molar-refractivity contribution in [1.29, 1.82) is 0 Å². The van der Waals surface area contributed by atoms with E-state index in [0.717, 1.165) is 35.4 Å². The monoisotopic (exact) mass is 881 g/mol. The van der Waals surface area contributed by atoms with Crippen molar-refractivity contribution < 1.29 is 85.6 Å². The molecular formula is C27H46N7O18P3S. The Kier molecular flexibility index (Phi) is 17.9. The number of nitrogens with zero attached hydrogens (tertiary/aromatic N) is 4. The van der Waals surface area contributed by atoms with Gasteiger partial charge in [-0.15, -0.1) is 0 Å². The fraction of sp³-hybridized carbons (Fsp3) is 0.704. The molecule has 0 saturated carbocycles. The zero-order valence-electron chi connectivity index (χ0n) is 30.1. The van der Waals surface area contributed by atoms with Gasteiger partial charge in [-0.2, -0.15) is 4.31 Å². The van der Waals surface area contributed by atoms with Crippen LogP contribution in [-0.2, 0) is 50.7 Å². The summed E-state index contributed by atoms with van der Waals surface area (Å²) in [5, 5.41) is 35.1. The molecule has 3 rings (SSSR count). The van der Waals surface area contributed by atoms with Gasteiger partial charge in [-0.1, -0.05) is 32.0 Å². The van der Waals surface area contributed by atoms with Gasteiger partial charge in [-0.05, 0) is 12.8 Å². The largest absolute Gasteiger partial charge is 0.481 e. The standard InChI is InChI=1S/C27H46N7O18P3S/c1-27(2,22(39)25(40)30-8-7-17(36)29-9-11-56-18(37)6-4-3-5-10-35)13-49-55(46,47)52-54(44,45)48-12-16-21(51-53(41,42)43)20(38)26(50-16)34-15-33-19-23(28)31-14-32-24(19)34/h14-16,20-22,26,35,38-39H,3-13H2,1-2H3,(H,29,36)(H,30,40)(H,44,45)(H,46,47)(H2,28,31,32)(H2,41,42,43)/t16-,20-,21-,22+,26+/m1/s1. The van der Waals surface area contributed by atoms with Crippen molar-refractivity contribution in [3.05, 3.63) is 12.7 Å². The number of nitrogen functional groups attached to an aromatic ring is 1. The van der Waals surface area contributed by atoms with Crippen molar-refractivity contribution >= 4 is 69.1 Å². The molecule has 25 nitrogen and oxygen atoms in total. The van der Waals surface area contributed by atoms with E-state index in [1.165, 1.54) is 13.8 Å². The molecule has 0 aliphatic carbocycles. The summed E-state index contributed by atoms with van der Waals surface area (Å²) in [6.45, 7) is 0.527. The molecule has 2 amide bonds. The number of hydrogen-bond acceptors (Lipinski definition) is 19. The molecule has 29 heteroatoms. The van der Waals surface area contributed by atoms with Crippen LogP contribution in [0.2, 0.25) is 0 Å². The van der Waals surface area contributed by atoms with Crippen LogP contribution in [0.1, 0.15) is 52.2 Å². The number of aliphatic hydroxyl groups excluding tert-OH is 3. The first-order valence-corrected chi connectivity index (χ1v) is 22.2. The van der Waals surface area contributed by atoms with Gasteiger partial charge in [-0.3, -0.25) is 32.5 Å². The van der Waals surface area contributed by atoms with E-state index in [0.29, 0.717) is 25.0 Å². The molecule has 2 aromatic rings. The number of unbranched alkanes of at least 4 members (excludes halogenated alkanes) is 2. The number of anilines is 1. The Labute approximate surface area is 323 Å². The number of phosphoric ester groups is 3. The molecule has 0 radical (unpaired) electrons. The minimum absolute atomic E-state index is 0.0279. The van der Waals surface area contributed by atoms with Gasteiger partial charge in [0.1, 0.15) is 36.3 Å². The zero-order chi connectivity index (χ0) is 41.9. The Bertz CT molecular complexity index is 1800. The molecule has 11 N–H and O–H groups in total. The number of hydrogen-bond donors (Lipinski definition) is 10. The summed E-state index contributed by atoms with van der Waals surface area (Å²) in [6, 6.07) is 0. The van der Waals surface area contributed by atoms with Crippen LogP contribution in [0.15, 0.2) is 12.7 Å². The van der Waals surface area contributed by atoms with Crippen molar-refractivity contribution in [3.8, 4) is 0 Å². The van der Waals surface area contributed by atoms with Crippen molar-refractivity contribution in [1.82, 2.24) is 30.2 Å². The van der Waals surface area contributed by atoms with E-state index >= 15 is 0 Å². The van der Waals surface area contributed by atoms with Gasteiger partial charge in [0.25, 0.3) is 0 Å². The SMILES string of the molecule is CC(C)(COP(=O)(O)OP(=O)(O)OC[C@H]1O[C@H](n2cnc3c(N)ncnc32)[C@H](O)[C@@H]1OP(=O)(O)O)[C@@H](O)C(=O)NCCC(=O)NCCSC(=O)CCCCCO. The predicted octanol–water partition coefficient (Wildman–Crippen LogP) is -0.783. The van der Waals surface area contributed by atoms with Gasteiger partial charge in [0.05, 0.1) is 19.5 Å². The van der Waals surface area contributed by atoms with Gasteiger partial charge in [-0.25, -0.2) is 28.6 Å². The minimum atomic E-state index is -5.57. The molecule has 3 heterocycles. The highest BCUT2D eigenvalue weighted by Crippen LogP contribution is 2.61. The highest BCUT2D eigenvalue weighted by atomic mass is 32.2. The third-order valence-electron chi connectivity index (χ3n) is 7.80. The number of fused-ring (bicyclic) bond motifs is 1. The fourth-order valence-electron chi connectivity index (χ4n) is 4.93. The van der Waals surface area contributed by atoms with E-state index in [-0.39, 0.29) is 48.2 Å². The van der Waals surface area contributed by atoms with E-state index in [2.05, 4.69) is 34.4 Å². The van der Waals surface area contributed by atoms with Crippen molar-refractivity contribution in [2.75, 3.05) is 44.4 Å². The van der Waals surface area contributed by atoms with Crippen molar-refractivity contribution in [2.45, 2.75) is 76.6 Å². The molecule has 1 fully saturated rings. The first-order chi connectivity index (χ1) is 26.1. The summed E-state index contributed by atoms with van der Waals surface area (Å²) in [7, 11) is -16.4. The third-order valence-corrected chi connectivity index (χ3v) is 11.8. The number of carbonyl (C=O) groups is 3. The summed E-state index contributed by atoms with van der Waals surface area (Å²) in [6.07, 6.45) is -4.55. The van der Waals surface area contributed by atoms with Gasteiger partial charge < -0.3 is 56.0 Å². The summed E-state index contributed by atoms with van der Waals surface area (Å²) < 4.78 is 62.0. The molecule has 0 bridgehead atoms. The molecule has 1 aliphatic rings. The fourth-order valence-corrected chi connectivity index (χ4v) is 8.47. The Morgan fingerprint density at radius 1 is 1.02 bits per heavy atom. The maximum Gasteiger partial charge on any atom is 0.481 e. The number of nitrogens with one attached hydrogen (secondary N) is 2. The van der Waals surface area contributed by atoms with Crippen molar-refractivity contribution in [2.24, 2.45) is 5.41 Å². The summed E-state index contributed by atoms with van der Waals surface area (Å²) in [5.74, 6) is -1.13. The number of phosphoric acid groups is 3. The summed E-state index contributed by atoms with van der Waals surface area (Å²) in [5.41, 5.74) is 4.25. The Morgan fingerprint density at radius 2 is 1.71 bits per heavy atom. The second-order valence-electron chi connectivity index (χ2n) is 12.8. The summed E-state index contributed by atoms with van der Waals surface area (Å²) >= 11 is 1.07. The number of aromatic nitrogens is 4. The maximum absolute atomic E-state index is 12.7. The van der Waals surface area contributed by atoms with Gasteiger partial charge >= 0.3 is 23.5 Å². The average Bonchev–Trinajstić information content (AvgIpc) is 3.66. The van der Waals surface area contributed by atoms with Crippen LogP contribution in [0.25, 0.3) is 11.2 Å². The Morgan fingerprint density at radius 3 is 2.39 bits per heavy atom. The van der Waals surface area contributed by atoms with E-state index in [1.54, 1.807) is 0 Å². The Balaban J connectivity index is 1.47. The second-order valence-corrected chi connectivity index (χ2v) is 18.2. The first kappa shape index (κ1) is 47.9. The first-order valence-electron chi connectivity index (χ1n) is 16.7. The van der Waals surface area contributed by atoms with Crippen LogP contribution in [-0.4, -0.2) is 134 Å². The van der Waals surface area contributed by atoms with Crippen molar-refractivity contribution in [3.63, 3.8) is 0 Å². The van der Waals surface area contributed by atoms with Crippen LogP contribution in [0.5, 0.6) is 0 Å². The van der Waals surface area contributed by atoms with Crippen LogP contribution >= 0.6 is 35.2 Å². The van der Waals surface area contributed by atoms with Gasteiger partial charge in [0.2, 0.25) is 11.8 Å². The number of thioether (sulfide) groups is 1. The number of amides is 2. The number of rotatable bonds is 24. The lowest BCUT2D eigenvalue weighted by Crippen LogP contribution is -2.46. The molecule has 7 atom stereocenters. The van der Waals surface area contributed by atoms with Gasteiger partial charge in [0, 0.05) is 43.7 Å². The quantitative estimate of drug-likeness (QED) is 0.0456. The number of nitrogens with two attached hydrogens (primary N) is 1. The second kappa shape index (κ2) is 21.0. The van der Waals surface area contributed by atoms with Gasteiger partial charge in [0.15, 0.2) is 22.8 Å². The van der Waals surface area contributed by atoms with Crippen LogP contribution in [0, 0.1) is 5.41 Å². The Hall–Kier alpha value is -2.48. The van der Waals surface area contributed by atoms with E-state index in [4.69, 9.17) is 24.6 Å². The molecule has 0 spiro atoms. The zero-order valence-corrected chi connectivity index (χ0v) is 33.6. The number of imidazole rings is 1. The predicted molar refractivity (Wildman–Crippen MR) is 193 cm³/mol. The van der Waals surface area contributed by atoms with Crippen LogP contribution in [0.4, 0.5) is 5.82 Å². The van der Waals surface area contributed by atoms with Crippen LogP contribution in [0.3, 0.4) is 0 Å². The van der Waals surface area contributed by atoms with E-state index in [9.17, 15) is 57.9 Å². The highest BCUT2D eigenvalue weighted by molar-refractivity contribution is 8.13. The molecule has 56 heavy (non-hydrogen) atoms. The lowest BCUT2D eigenvalue weighted by atomic mass is 9.87. The number of carbonyl (C=O) groups excluding carboxylic acids is 3. The van der Waals surface area contributed by atoms with E-state index < -0.39 is 84.6 Å². The lowest BCUT2D eigenvalue weighted by molar-refractivity contribution is -0.137. The molecule has 1 aliphatic heterocycles. The average molecular weight is 882 g/mol. The summed E-state index contributed by atoms with van der Waals surface area (Å²) in [4.78, 5) is 87.3. The smallest absolute Gasteiger partial charge is 0.396 e. The normalized spacial score (nSPS) is 21.7. The number of ether oxygens (including phenoxy) is 1. The maximum atomic E-state index is 12.7. The van der Waals surface area contributed by atoms with Crippen LogP contribution < -0.4 is 16.4 Å². The molecular weight excluding hydrogens is 835 g/mol. The highest BCUT2D eigenvalue weighted by Gasteiger charge is 2.50. The molecule has 2 aromatic heterocycles. The van der Waals surface area contributed by atoms with E-state index in [1.807, 2.05) is 0 Å². The number of aliphatic hydroxyl groups is 3.